The molecule has 2 heterocycles. The van der Waals surface area contributed by atoms with Crippen LogP contribution in [0.4, 0.5) is 0 Å². The number of piperidine rings is 1. The Balaban J connectivity index is 1.44. The smallest absolute Gasteiger partial charge is 0.228 e. The first kappa shape index (κ1) is 20.6. The van der Waals surface area contributed by atoms with E-state index in [1.807, 2.05) is 24.3 Å². The predicted molar refractivity (Wildman–Crippen MR) is 113 cm³/mol. The van der Waals surface area contributed by atoms with E-state index in [0.717, 1.165) is 37.5 Å². The van der Waals surface area contributed by atoms with Gasteiger partial charge < -0.3 is 20.1 Å². The number of hydrogen-bond donors (Lipinski definition) is 2. The Bertz CT molecular complexity index is 783. The van der Waals surface area contributed by atoms with Gasteiger partial charge in [-0.3, -0.25) is 4.99 Å². The lowest BCUT2D eigenvalue weighted by atomic mass is 10.0. The van der Waals surface area contributed by atoms with E-state index in [2.05, 4.69) is 44.5 Å². The molecule has 0 unspecified atom stereocenters. The molecule has 0 saturated carbocycles. The fraction of sp³-hybridized carbons (Fsp3) is 0.550. The first-order valence-corrected chi connectivity index (χ1v) is 10.2. The molecule has 1 fully saturated rings. The van der Waals surface area contributed by atoms with E-state index in [1.165, 1.54) is 0 Å². The first-order chi connectivity index (χ1) is 13.5. The average molecular weight is 405 g/mol. The highest BCUT2D eigenvalue weighted by molar-refractivity contribution is 6.30. The fourth-order valence-corrected chi connectivity index (χ4v) is 3.53. The summed E-state index contributed by atoms with van der Waals surface area (Å²) in [5, 5.41) is 11.5. The molecular formula is C20H29ClN6O. The second-order valence-electron chi connectivity index (χ2n) is 7.32. The van der Waals surface area contributed by atoms with Crippen molar-refractivity contribution in [3.8, 4) is 11.4 Å². The Hall–Kier alpha value is -2.12. The number of nitrogens with one attached hydrogen (secondary N) is 2. The number of hydrogen-bond acceptors (Lipinski definition) is 5. The summed E-state index contributed by atoms with van der Waals surface area (Å²) in [4.78, 5) is 11.3. The summed E-state index contributed by atoms with van der Waals surface area (Å²) in [6, 6.07) is 8.50. The van der Waals surface area contributed by atoms with Crippen LogP contribution in [-0.2, 0) is 6.42 Å². The lowest BCUT2D eigenvalue weighted by molar-refractivity contribution is 0.167. The van der Waals surface area contributed by atoms with Crippen LogP contribution in [0.2, 0.25) is 5.02 Å². The van der Waals surface area contributed by atoms with E-state index in [1.54, 1.807) is 7.05 Å². The highest BCUT2D eigenvalue weighted by Gasteiger charge is 2.21. The molecule has 8 heteroatoms. The van der Waals surface area contributed by atoms with Crippen LogP contribution in [0.3, 0.4) is 0 Å². The average Bonchev–Trinajstić information content (AvgIpc) is 3.16. The molecule has 0 radical (unpaired) electrons. The summed E-state index contributed by atoms with van der Waals surface area (Å²) < 4.78 is 5.35. The molecule has 7 nitrogen and oxygen atoms in total. The first-order valence-electron chi connectivity index (χ1n) is 9.85. The normalized spacial score (nSPS) is 16.5. The van der Waals surface area contributed by atoms with Crippen molar-refractivity contribution >= 4 is 17.6 Å². The van der Waals surface area contributed by atoms with E-state index in [0.29, 0.717) is 41.8 Å². The van der Waals surface area contributed by atoms with Gasteiger partial charge in [-0.1, -0.05) is 28.9 Å². The summed E-state index contributed by atoms with van der Waals surface area (Å²) in [6.45, 7) is 7.43. The van der Waals surface area contributed by atoms with Crippen LogP contribution in [0.25, 0.3) is 11.4 Å². The lowest BCUT2D eigenvalue weighted by Crippen LogP contribution is -2.50. The summed E-state index contributed by atoms with van der Waals surface area (Å²) in [5.74, 6) is 1.96. The number of nitrogens with zero attached hydrogens (tertiary/aromatic N) is 4. The van der Waals surface area contributed by atoms with Crippen LogP contribution in [0, 0.1) is 0 Å². The van der Waals surface area contributed by atoms with Gasteiger partial charge in [0.1, 0.15) is 0 Å². The Morgan fingerprint density at radius 2 is 2.14 bits per heavy atom. The standard InChI is InChI=1S/C20H29ClN6O/c1-14(2)27-11-8-17(9-12-27)24-20(22-3)23-10-7-18-25-19(26-28-18)15-5-4-6-16(21)13-15/h4-6,13-14,17H,7-12H2,1-3H3,(H2,22,23,24). The van der Waals surface area contributed by atoms with Crippen LogP contribution < -0.4 is 10.6 Å². The molecule has 3 rings (SSSR count). The molecule has 0 bridgehead atoms. The second-order valence-corrected chi connectivity index (χ2v) is 7.76. The topological polar surface area (TPSA) is 78.6 Å². The van der Waals surface area contributed by atoms with Gasteiger partial charge in [-0.15, -0.1) is 0 Å². The maximum atomic E-state index is 6.02. The summed E-state index contributed by atoms with van der Waals surface area (Å²) in [6.07, 6.45) is 2.89. The van der Waals surface area contributed by atoms with Gasteiger partial charge in [0, 0.05) is 55.8 Å². The molecule has 0 aliphatic carbocycles. The Morgan fingerprint density at radius 1 is 1.36 bits per heavy atom. The summed E-state index contributed by atoms with van der Waals surface area (Å²) in [5.41, 5.74) is 0.848. The minimum atomic E-state index is 0.457. The molecule has 1 aromatic carbocycles. The van der Waals surface area contributed by atoms with Crippen molar-refractivity contribution in [2.24, 2.45) is 4.99 Å². The van der Waals surface area contributed by atoms with Gasteiger partial charge in [-0.2, -0.15) is 4.98 Å². The largest absolute Gasteiger partial charge is 0.356 e. The van der Waals surface area contributed by atoms with E-state index in [4.69, 9.17) is 16.1 Å². The summed E-state index contributed by atoms with van der Waals surface area (Å²) in [7, 11) is 1.79. The molecular weight excluding hydrogens is 376 g/mol. The highest BCUT2D eigenvalue weighted by atomic mass is 35.5. The quantitative estimate of drug-likeness (QED) is 0.569. The van der Waals surface area contributed by atoms with Crippen molar-refractivity contribution in [3.63, 3.8) is 0 Å². The van der Waals surface area contributed by atoms with E-state index in [9.17, 15) is 0 Å². The minimum Gasteiger partial charge on any atom is -0.356 e. The van der Waals surface area contributed by atoms with Gasteiger partial charge in [0.2, 0.25) is 11.7 Å². The Kier molecular flexibility index (Phi) is 7.28. The zero-order valence-electron chi connectivity index (χ0n) is 16.8. The molecule has 1 aliphatic rings. The van der Waals surface area contributed by atoms with Crippen LogP contribution in [-0.4, -0.2) is 59.8 Å². The molecule has 0 spiro atoms. The zero-order chi connectivity index (χ0) is 19.9. The van der Waals surface area contributed by atoms with Gasteiger partial charge in [0.25, 0.3) is 0 Å². The monoisotopic (exact) mass is 404 g/mol. The fourth-order valence-electron chi connectivity index (χ4n) is 3.34. The Morgan fingerprint density at radius 3 is 2.82 bits per heavy atom. The maximum Gasteiger partial charge on any atom is 0.228 e. The van der Waals surface area contributed by atoms with Crippen molar-refractivity contribution in [1.29, 1.82) is 0 Å². The van der Waals surface area contributed by atoms with E-state index in [-0.39, 0.29) is 0 Å². The van der Waals surface area contributed by atoms with Crippen molar-refractivity contribution in [2.45, 2.75) is 45.2 Å². The number of aliphatic imine (C=N–C) groups is 1. The zero-order valence-corrected chi connectivity index (χ0v) is 17.5. The van der Waals surface area contributed by atoms with Crippen molar-refractivity contribution in [3.05, 3.63) is 35.2 Å². The molecule has 1 saturated heterocycles. The molecule has 1 aliphatic heterocycles. The maximum absolute atomic E-state index is 6.02. The van der Waals surface area contributed by atoms with Gasteiger partial charge in [0.05, 0.1) is 0 Å². The lowest BCUT2D eigenvalue weighted by Gasteiger charge is -2.35. The van der Waals surface area contributed by atoms with Gasteiger partial charge in [-0.25, -0.2) is 0 Å². The molecule has 152 valence electrons. The number of aromatic nitrogens is 2. The van der Waals surface area contributed by atoms with E-state index >= 15 is 0 Å². The van der Waals surface area contributed by atoms with Crippen molar-refractivity contribution < 1.29 is 4.52 Å². The van der Waals surface area contributed by atoms with Crippen LogP contribution in [0.1, 0.15) is 32.6 Å². The van der Waals surface area contributed by atoms with E-state index < -0.39 is 0 Å². The van der Waals surface area contributed by atoms with Crippen LogP contribution in [0.5, 0.6) is 0 Å². The molecule has 0 amide bonds. The van der Waals surface area contributed by atoms with Crippen molar-refractivity contribution in [2.75, 3.05) is 26.7 Å². The number of guanidine groups is 1. The molecule has 1 aromatic heterocycles. The van der Waals surface area contributed by atoms with Gasteiger partial charge >= 0.3 is 0 Å². The third kappa shape index (κ3) is 5.69. The summed E-state index contributed by atoms with van der Waals surface area (Å²) >= 11 is 6.02. The minimum absolute atomic E-state index is 0.457. The highest BCUT2D eigenvalue weighted by Crippen LogP contribution is 2.20. The molecule has 28 heavy (non-hydrogen) atoms. The molecule has 2 aromatic rings. The predicted octanol–water partition coefficient (Wildman–Crippen LogP) is 2.97. The number of halogens is 1. The Labute approximate surface area is 171 Å². The third-order valence-corrected chi connectivity index (χ3v) is 5.24. The molecule has 0 atom stereocenters. The number of benzene rings is 1. The van der Waals surface area contributed by atoms with Crippen LogP contribution in [0.15, 0.2) is 33.8 Å². The van der Waals surface area contributed by atoms with Crippen molar-refractivity contribution in [1.82, 2.24) is 25.7 Å². The third-order valence-electron chi connectivity index (χ3n) is 5.01. The van der Waals surface area contributed by atoms with Crippen LogP contribution >= 0.6 is 11.6 Å². The number of rotatable bonds is 6. The second kappa shape index (κ2) is 9.89. The molecule has 2 N–H and O–H groups in total. The van der Waals surface area contributed by atoms with Gasteiger partial charge in [0.15, 0.2) is 5.96 Å². The number of likely N-dealkylation sites (tertiary alicyclic amines) is 1. The SMILES string of the molecule is CN=C(NCCc1nc(-c2cccc(Cl)c2)no1)NC1CCN(C(C)C)CC1. The van der Waals surface area contributed by atoms with Gasteiger partial charge in [-0.05, 0) is 38.8 Å².